The first-order chi connectivity index (χ1) is 11.0. The van der Waals surface area contributed by atoms with Crippen molar-refractivity contribution in [2.24, 2.45) is 0 Å². The molecule has 23 heavy (non-hydrogen) atoms. The van der Waals surface area contributed by atoms with Crippen molar-refractivity contribution in [1.82, 2.24) is 9.97 Å². The Balaban J connectivity index is 1.88. The molecule has 0 saturated heterocycles. The lowest BCUT2D eigenvalue weighted by Crippen LogP contribution is -2.15. The van der Waals surface area contributed by atoms with Crippen molar-refractivity contribution in [2.45, 2.75) is 0 Å². The van der Waals surface area contributed by atoms with Crippen molar-refractivity contribution < 1.29 is 19.5 Å². The normalized spacial score (nSPS) is 13.2. The average Bonchev–Trinajstić information content (AvgIpc) is 2.51. The third-order valence-electron chi connectivity index (χ3n) is 3.08. The molecule has 2 N–H and O–H groups in total. The molecule has 9 heteroatoms. The van der Waals surface area contributed by atoms with E-state index in [0.717, 1.165) is 5.56 Å². The van der Waals surface area contributed by atoms with Gasteiger partial charge in [0.15, 0.2) is 11.5 Å². The topological polar surface area (TPSA) is 128 Å². The molecule has 1 aliphatic heterocycles. The minimum atomic E-state index is -1.02. The van der Waals surface area contributed by atoms with Gasteiger partial charge in [-0.1, -0.05) is 12.1 Å². The maximum atomic E-state index is 11.5. The summed E-state index contributed by atoms with van der Waals surface area (Å²) in [5.41, 5.74) is -1.26. The van der Waals surface area contributed by atoms with Crippen LogP contribution in [0, 0.1) is 10.1 Å². The quantitative estimate of drug-likeness (QED) is 0.645. The molecule has 0 radical (unpaired) electrons. The lowest BCUT2D eigenvalue weighted by atomic mass is 10.2. The van der Waals surface area contributed by atoms with E-state index in [1.165, 1.54) is 6.08 Å². The Morgan fingerprint density at radius 1 is 1.26 bits per heavy atom. The van der Waals surface area contributed by atoms with Gasteiger partial charge >= 0.3 is 11.2 Å². The van der Waals surface area contributed by atoms with Crippen molar-refractivity contribution in [3.8, 4) is 17.4 Å². The highest BCUT2D eigenvalue weighted by Crippen LogP contribution is 2.31. The third-order valence-corrected chi connectivity index (χ3v) is 3.08. The Morgan fingerprint density at radius 3 is 2.70 bits per heavy atom. The van der Waals surface area contributed by atoms with Crippen LogP contribution in [-0.2, 0) is 0 Å². The minimum absolute atomic E-state index is 0.00649. The standard InChI is InChI=1S/C14H11N3O6/c18-13-12(17(20)21)14(19)16-11(15-13)4-2-8-1-3-9-10(7-8)23-6-5-22-9/h1-4,7H,5-6H2,(H2,15,16,18,19)/b4-2+. The Hall–Kier alpha value is -3.36. The van der Waals surface area contributed by atoms with E-state index in [4.69, 9.17) is 9.47 Å². The average molecular weight is 317 g/mol. The van der Waals surface area contributed by atoms with Crippen molar-refractivity contribution in [1.29, 1.82) is 0 Å². The molecule has 0 atom stereocenters. The molecule has 118 valence electrons. The second kappa shape index (κ2) is 5.79. The summed E-state index contributed by atoms with van der Waals surface area (Å²) in [5, 5.41) is 20.1. The van der Waals surface area contributed by atoms with Crippen LogP contribution in [0.15, 0.2) is 23.0 Å². The Kier molecular flexibility index (Phi) is 3.67. The monoisotopic (exact) mass is 317 g/mol. The number of benzene rings is 1. The Bertz CT molecular complexity index is 858. The smallest absolute Gasteiger partial charge is 0.395 e. The van der Waals surface area contributed by atoms with Crippen LogP contribution in [0.2, 0.25) is 0 Å². The molecule has 0 spiro atoms. The summed E-state index contributed by atoms with van der Waals surface area (Å²) in [6.45, 7) is 0.959. The van der Waals surface area contributed by atoms with Gasteiger partial charge in [0.2, 0.25) is 0 Å². The second-order valence-electron chi connectivity index (χ2n) is 4.62. The van der Waals surface area contributed by atoms with Gasteiger partial charge < -0.3 is 19.6 Å². The maximum Gasteiger partial charge on any atom is 0.395 e. The van der Waals surface area contributed by atoms with E-state index in [2.05, 4.69) is 9.97 Å². The summed E-state index contributed by atoms with van der Waals surface area (Å²) in [7, 11) is 0. The van der Waals surface area contributed by atoms with E-state index in [9.17, 15) is 20.0 Å². The fraction of sp³-hybridized carbons (Fsp3) is 0.143. The minimum Gasteiger partial charge on any atom is -0.488 e. The number of nitrogens with zero attached hydrogens (tertiary/aromatic N) is 2. The van der Waals surface area contributed by atoms with Crippen molar-refractivity contribution in [3.63, 3.8) is 0 Å². The summed E-state index contributed by atoms with van der Waals surface area (Å²) in [5.74, 6) is 0.313. The van der Waals surface area contributed by atoms with E-state index >= 15 is 0 Å². The van der Waals surface area contributed by atoms with Gasteiger partial charge in [0.1, 0.15) is 19.0 Å². The molecule has 0 bridgehead atoms. The summed E-state index contributed by atoms with van der Waals surface area (Å²) in [6.07, 6.45) is 3.03. The number of nitrogens with one attached hydrogen (secondary N) is 1. The molecule has 2 heterocycles. The van der Waals surface area contributed by atoms with Gasteiger partial charge in [0.25, 0.3) is 5.88 Å². The number of nitro groups is 1. The van der Waals surface area contributed by atoms with Gasteiger partial charge in [0.05, 0.1) is 4.92 Å². The van der Waals surface area contributed by atoms with Crippen LogP contribution in [0.1, 0.15) is 11.4 Å². The molecule has 0 aliphatic carbocycles. The van der Waals surface area contributed by atoms with Crippen molar-refractivity contribution in [3.05, 3.63) is 50.1 Å². The third kappa shape index (κ3) is 2.98. The molecule has 1 aromatic carbocycles. The largest absolute Gasteiger partial charge is 0.488 e. The van der Waals surface area contributed by atoms with Gasteiger partial charge in [0, 0.05) is 0 Å². The number of aromatic amines is 1. The first-order valence-corrected chi connectivity index (χ1v) is 6.60. The zero-order valence-corrected chi connectivity index (χ0v) is 11.7. The molecule has 3 rings (SSSR count). The number of hydrogen-bond donors (Lipinski definition) is 2. The number of fused-ring (bicyclic) bond motifs is 1. The number of aromatic hydroxyl groups is 1. The highest BCUT2D eigenvalue weighted by molar-refractivity contribution is 5.68. The SMILES string of the molecule is O=c1[nH]c(/C=C/c2ccc3c(c2)OCCO3)nc(O)c1[N+](=O)[O-]. The van der Waals surface area contributed by atoms with Gasteiger partial charge in [-0.05, 0) is 23.8 Å². The van der Waals surface area contributed by atoms with Gasteiger partial charge in [-0.3, -0.25) is 14.9 Å². The van der Waals surface area contributed by atoms with Gasteiger partial charge in [-0.2, -0.15) is 4.98 Å². The lowest BCUT2D eigenvalue weighted by Gasteiger charge is -2.18. The molecule has 1 aromatic heterocycles. The number of H-pyrrole nitrogens is 1. The van der Waals surface area contributed by atoms with Crippen LogP contribution < -0.4 is 15.0 Å². The molecule has 0 amide bonds. The van der Waals surface area contributed by atoms with E-state index in [-0.39, 0.29) is 5.82 Å². The molecular weight excluding hydrogens is 306 g/mol. The summed E-state index contributed by atoms with van der Waals surface area (Å²) >= 11 is 0. The number of rotatable bonds is 3. The van der Waals surface area contributed by atoms with Gasteiger partial charge in [-0.25, -0.2) is 0 Å². The van der Waals surface area contributed by atoms with Crippen LogP contribution >= 0.6 is 0 Å². The predicted molar refractivity (Wildman–Crippen MR) is 79.5 cm³/mol. The highest BCUT2D eigenvalue weighted by Gasteiger charge is 2.21. The van der Waals surface area contributed by atoms with E-state index in [1.54, 1.807) is 24.3 Å². The maximum absolute atomic E-state index is 11.5. The second-order valence-corrected chi connectivity index (χ2v) is 4.62. The van der Waals surface area contributed by atoms with E-state index in [0.29, 0.717) is 24.7 Å². The fourth-order valence-corrected chi connectivity index (χ4v) is 2.05. The molecule has 9 nitrogen and oxygen atoms in total. The van der Waals surface area contributed by atoms with Crippen molar-refractivity contribution >= 4 is 17.8 Å². The number of ether oxygens (including phenoxy) is 2. The summed E-state index contributed by atoms with van der Waals surface area (Å²) in [6, 6.07) is 5.26. The van der Waals surface area contributed by atoms with Crippen LogP contribution in [0.5, 0.6) is 17.4 Å². The Labute approximate surface area is 129 Å². The lowest BCUT2D eigenvalue weighted by molar-refractivity contribution is -0.387. The summed E-state index contributed by atoms with van der Waals surface area (Å²) < 4.78 is 10.9. The van der Waals surface area contributed by atoms with E-state index < -0.39 is 22.0 Å². The first kappa shape index (κ1) is 14.6. The molecular formula is C14H11N3O6. The van der Waals surface area contributed by atoms with Crippen LogP contribution in [0.25, 0.3) is 12.2 Å². The van der Waals surface area contributed by atoms with Crippen LogP contribution in [0.4, 0.5) is 5.69 Å². The molecule has 2 aromatic rings. The molecule has 0 unspecified atom stereocenters. The zero-order valence-electron chi connectivity index (χ0n) is 11.7. The number of aromatic nitrogens is 2. The molecule has 0 saturated carbocycles. The Morgan fingerprint density at radius 2 is 2.00 bits per heavy atom. The highest BCUT2D eigenvalue weighted by atomic mass is 16.6. The first-order valence-electron chi connectivity index (χ1n) is 6.60. The molecule has 0 fully saturated rings. The predicted octanol–water partition coefficient (Wildman–Crippen LogP) is 1.33. The van der Waals surface area contributed by atoms with Crippen LogP contribution in [0.3, 0.4) is 0 Å². The fourth-order valence-electron chi connectivity index (χ4n) is 2.05. The van der Waals surface area contributed by atoms with E-state index in [1.807, 2.05) is 0 Å². The zero-order chi connectivity index (χ0) is 16.4. The van der Waals surface area contributed by atoms with Gasteiger partial charge in [-0.15, -0.1) is 0 Å². The summed E-state index contributed by atoms with van der Waals surface area (Å²) in [4.78, 5) is 27.0. The number of hydrogen-bond acceptors (Lipinski definition) is 7. The molecule has 1 aliphatic rings. The van der Waals surface area contributed by atoms with Crippen molar-refractivity contribution in [2.75, 3.05) is 13.2 Å². The van der Waals surface area contributed by atoms with Crippen LogP contribution in [-0.4, -0.2) is 33.2 Å².